The molecule has 0 unspecified atom stereocenters. The van der Waals surface area contributed by atoms with E-state index >= 15 is 0 Å². The van der Waals surface area contributed by atoms with E-state index in [0.717, 1.165) is 16.5 Å². The third-order valence-electron chi connectivity index (χ3n) is 3.63. The molecule has 0 radical (unpaired) electrons. The van der Waals surface area contributed by atoms with Gasteiger partial charge in [-0.1, -0.05) is 18.2 Å². The summed E-state index contributed by atoms with van der Waals surface area (Å²) in [7, 11) is 0. The number of anilines is 1. The Bertz CT molecular complexity index is 942. The quantitative estimate of drug-likeness (QED) is 0.541. The first-order chi connectivity index (χ1) is 11.6. The van der Waals surface area contributed by atoms with Gasteiger partial charge in [-0.3, -0.25) is 14.4 Å². The molecule has 24 heavy (non-hydrogen) atoms. The minimum Gasteiger partial charge on any atom is -0.366 e. The summed E-state index contributed by atoms with van der Waals surface area (Å²) in [5.74, 6) is -1.65. The van der Waals surface area contributed by atoms with E-state index in [4.69, 9.17) is 0 Å². The molecule has 3 rings (SSSR count). The van der Waals surface area contributed by atoms with E-state index in [1.165, 1.54) is 18.5 Å². The van der Waals surface area contributed by atoms with Crippen molar-refractivity contribution in [1.82, 2.24) is 15.3 Å². The van der Waals surface area contributed by atoms with Crippen LogP contribution >= 0.6 is 0 Å². The number of fused-ring (bicyclic) bond motifs is 1. The number of aromatic nitrogens is 2. The lowest BCUT2D eigenvalue weighted by Crippen LogP contribution is -2.37. The second-order valence-electron chi connectivity index (χ2n) is 5.24. The molecule has 0 spiro atoms. The normalized spacial score (nSPS) is 10.5. The SMILES string of the molecule is O=C(NCCc1c[nH]c2ccccc12)C(=O)Nc1c[nH]ccc1=O. The Balaban J connectivity index is 1.55. The number of hydrogen-bond donors (Lipinski definition) is 4. The maximum Gasteiger partial charge on any atom is 0.313 e. The Kier molecular flexibility index (Phi) is 4.42. The number of pyridine rings is 1. The Labute approximate surface area is 137 Å². The van der Waals surface area contributed by atoms with Crippen LogP contribution in [0.25, 0.3) is 10.9 Å². The van der Waals surface area contributed by atoms with Crippen LogP contribution in [0.5, 0.6) is 0 Å². The molecular weight excluding hydrogens is 308 g/mol. The summed E-state index contributed by atoms with van der Waals surface area (Å²) < 4.78 is 0. The van der Waals surface area contributed by atoms with Gasteiger partial charge in [0.25, 0.3) is 0 Å². The van der Waals surface area contributed by atoms with E-state index in [-0.39, 0.29) is 11.1 Å². The molecule has 0 aliphatic heterocycles. The van der Waals surface area contributed by atoms with Gasteiger partial charge < -0.3 is 20.6 Å². The molecule has 4 N–H and O–H groups in total. The number of amides is 2. The van der Waals surface area contributed by atoms with Crippen LogP contribution in [0.4, 0.5) is 5.69 Å². The molecule has 2 amide bonds. The van der Waals surface area contributed by atoms with Gasteiger partial charge in [-0.05, 0) is 18.1 Å². The predicted octanol–water partition coefficient (Wildman–Crippen LogP) is 1.15. The zero-order valence-corrected chi connectivity index (χ0v) is 12.8. The zero-order chi connectivity index (χ0) is 16.9. The highest BCUT2D eigenvalue weighted by Gasteiger charge is 2.14. The summed E-state index contributed by atoms with van der Waals surface area (Å²) in [6, 6.07) is 9.13. The molecule has 0 aliphatic rings. The van der Waals surface area contributed by atoms with Gasteiger partial charge in [0.15, 0.2) is 0 Å². The van der Waals surface area contributed by atoms with Crippen LogP contribution in [0.2, 0.25) is 0 Å². The molecule has 1 aromatic carbocycles. The summed E-state index contributed by atoms with van der Waals surface area (Å²) in [4.78, 5) is 40.9. The van der Waals surface area contributed by atoms with Gasteiger partial charge in [-0.2, -0.15) is 0 Å². The lowest BCUT2D eigenvalue weighted by atomic mass is 10.1. The van der Waals surface area contributed by atoms with Crippen molar-refractivity contribution in [2.45, 2.75) is 6.42 Å². The van der Waals surface area contributed by atoms with Crippen molar-refractivity contribution in [1.29, 1.82) is 0 Å². The molecule has 0 fully saturated rings. The number of carbonyl (C=O) groups excluding carboxylic acids is 2. The number of aromatic amines is 2. The van der Waals surface area contributed by atoms with E-state index in [1.807, 2.05) is 30.5 Å². The van der Waals surface area contributed by atoms with Crippen LogP contribution in [0, 0.1) is 0 Å². The third-order valence-corrected chi connectivity index (χ3v) is 3.63. The monoisotopic (exact) mass is 324 g/mol. The molecule has 0 bridgehead atoms. The van der Waals surface area contributed by atoms with Crippen molar-refractivity contribution in [3.8, 4) is 0 Å². The lowest BCUT2D eigenvalue weighted by Gasteiger charge is -2.05. The number of para-hydroxylation sites is 1. The first-order valence-corrected chi connectivity index (χ1v) is 7.46. The first kappa shape index (κ1) is 15.5. The molecule has 0 aliphatic carbocycles. The second-order valence-corrected chi connectivity index (χ2v) is 5.24. The topological polar surface area (TPSA) is 107 Å². The minimum atomic E-state index is -0.870. The van der Waals surface area contributed by atoms with E-state index in [9.17, 15) is 14.4 Å². The van der Waals surface area contributed by atoms with Crippen LogP contribution in [0.1, 0.15) is 5.56 Å². The van der Waals surface area contributed by atoms with Crippen LogP contribution in [-0.2, 0) is 16.0 Å². The Morgan fingerprint density at radius 3 is 2.71 bits per heavy atom. The van der Waals surface area contributed by atoms with Gasteiger partial charge in [0.05, 0.1) is 0 Å². The highest BCUT2D eigenvalue weighted by Crippen LogP contribution is 2.17. The van der Waals surface area contributed by atoms with Crippen molar-refractivity contribution in [3.05, 3.63) is 64.7 Å². The number of benzene rings is 1. The summed E-state index contributed by atoms with van der Waals surface area (Å²) in [6.45, 7) is 0.319. The molecule has 3 aromatic rings. The van der Waals surface area contributed by atoms with E-state index in [1.54, 1.807) is 0 Å². The first-order valence-electron chi connectivity index (χ1n) is 7.46. The van der Waals surface area contributed by atoms with Gasteiger partial charge in [-0.25, -0.2) is 0 Å². The average molecular weight is 324 g/mol. The van der Waals surface area contributed by atoms with E-state index in [0.29, 0.717) is 13.0 Å². The predicted molar refractivity (Wildman–Crippen MR) is 90.7 cm³/mol. The largest absolute Gasteiger partial charge is 0.366 e. The lowest BCUT2D eigenvalue weighted by molar-refractivity contribution is -0.136. The maximum absolute atomic E-state index is 11.8. The van der Waals surface area contributed by atoms with Gasteiger partial charge in [-0.15, -0.1) is 0 Å². The fourth-order valence-electron chi connectivity index (χ4n) is 2.42. The van der Waals surface area contributed by atoms with Crippen LogP contribution in [-0.4, -0.2) is 28.3 Å². The zero-order valence-electron chi connectivity index (χ0n) is 12.8. The highest BCUT2D eigenvalue weighted by atomic mass is 16.2. The second kappa shape index (κ2) is 6.82. The van der Waals surface area contributed by atoms with E-state index in [2.05, 4.69) is 20.6 Å². The summed E-state index contributed by atoms with van der Waals surface area (Å²) in [5.41, 5.74) is 1.76. The van der Waals surface area contributed by atoms with Crippen molar-refractivity contribution < 1.29 is 9.59 Å². The van der Waals surface area contributed by atoms with Crippen molar-refractivity contribution in [2.75, 3.05) is 11.9 Å². The molecular formula is C17H16N4O3. The van der Waals surface area contributed by atoms with Crippen molar-refractivity contribution >= 4 is 28.4 Å². The Hall–Kier alpha value is -3.35. The van der Waals surface area contributed by atoms with Gasteiger partial charge in [0.2, 0.25) is 5.43 Å². The average Bonchev–Trinajstić information content (AvgIpc) is 3.00. The molecule has 122 valence electrons. The Morgan fingerprint density at radius 1 is 1.04 bits per heavy atom. The summed E-state index contributed by atoms with van der Waals surface area (Å²) in [5, 5.41) is 5.92. The Morgan fingerprint density at radius 2 is 1.88 bits per heavy atom. The molecule has 7 nitrogen and oxygen atoms in total. The number of hydrogen-bond acceptors (Lipinski definition) is 3. The van der Waals surface area contributed by atoms with Crippen LogP contribution < -0.4 is 16.1 Å². The third kappa shape index (κ3) is 3.35. The molecule has 2 aromatic heterocycles. The van der Waals surface area contributed by atoms with Gasteiger partial charge >= 0.3 is 11.8 Å². The minimum absolute atomic E-state index is 0.0364. The smallest absolute Gasteiger partial charge is 0.313 e. The fraction of sp³-hybridized carbons (Fsp3) is 0.118. The standard InChI is InChI=1S/C17H16N4O3/c22-15-6-7-18-10-14(15)21-17(24)16(23)19-8-5-11-9-20-13-4-2-1-3-12(11)13/h1-4,6-7,9-10,20H,5,8H2,(H,18,22)(H,19,23)(H,21,24). The molecule has 0 atom stereocenters. The number of nitrogens with one attached hydrogen (secondary N) is 4. The van der Waals surface area contributed by atoms with Gasteiger partial charge in [0.1, 0.15) is 5.69 Å². The molecule has 0 saturated heterocycles. The van der Waals surface area contributed by atoms with Crippen molar-refractivity contribution in [2.24, 2.45) is 0 Å². The molecule has 7 heteroatoms. The summed E-state index contributed by atoms with van der Waals surface area (Å²) in [6.07, 6.45) is 5.26. The summed E-state index contributed by atoms with van der Waals surface area (Å²) >= 11 is 0. The fourth-order valence-corrected chi connectivity index (χ4v) is 2.42. The number of H-pyrrole nitrogens is 2. The maximum atomic E-state index is 11.8. The van der Waals surface area contributed by atoms with E-state index < -0.39 is 11.8 Å². The molecule has 0 saturated carbocycles. The number of rotatable bonds is 4. The van der Waals surface area contributed by atoms with Crippen molar-refractivity contribution in [3.63, 3.8) is 0 Å². The molecule has 2 heterocycles. The van der Waals surface area contributed by atoms with Crippen LogP contribution in [0.15, 0.2) is 53.7 Å². The van der Waals surface area contributed by atoms with Crippen LogP contribution in [0.3, 0.4) is 0 Å². The number of carbonyl (C=O) groups is 2. The highest BCUT2D eigenvalue weighted by molar-refractivity contribution is 6.39. The van der Waals surface area contributed by atoms with Gasteiger partial charge in [0, 0.05) is 42.1 Å².